The zero-order chi connectivity index (χ0) is 15.0. The molecular weight excluding hydrogens is 282 g/mol. The third-order valence-electron chi connectivity index (χ3n) is 3.02. The van der Waals surface area contributed by atoms with Crippen molar-refractivity contribution in [1.29, 1.82) is 0 Å². The lowest BCUT2D eigenvalue weighted by molar-refractivity contribution is 0.547. The molecule has 2 aromatic heterocycles. The predicted molar refractivity (Wildman–Crippen MR) is 88.0 cm³/mol. The van der Waals surface area contributed by atoms with Gasteiger partial charge in [0.05, 0.1) is 15.7 Å². The zero-order valence-corrected chi connectivity index (χ0v) is 13.0. The zero-order valence-electron chi connectivity index (χ0n) is 12.2. The topological polar surface area (TPSA) is 76.7 Å². The number of nitrogens with two attached hydrogens (primary N) is 1. The summed E-state index contributed by atoms with van der Waals surface area (Å²) in [5, 5.41) is 3.29. The Morgan fingerprint density at radius 3 is 2.71 bits per heavy atom. The molecule has 108 valence electrons. The predicted octanol–water partition coefficient (Wildman–Crippen LogP) is 3.71. The van der Waals surface area contributed by atoms with Gasteiger partial charge in [-0.15, -0.1) is 11.3 Å². The third-order valence-corrected chi connectivity index (χ3v) is 3.81. The first-order valence-electron chi connectivity index (χ1n) is 6.67. The SMILES string of the molecule is CC(C)(C)c1nc(N)cc(Nc2ccc3ncsc3c2)n1. The van der Waals surface area contributed by atoms with Gasteiger partial charge in [-0.05, 0) is 18.2 Å². The van der Waals surface area contributed by atoms with Crippen LogP contribution in [0.2, 0.25) is 0 Å². The minimum Gasteiger partial charge on any atom is -0.384 e. The molecular formula is C15H17N5S. The van der Waals surface area contributed by atoms with Gasteiger partial charge in [-0.1, -0.05) is 20.8 Å². The third kappa shape index (κ3) is 2.95. The molecule has 3 N–H and O–H groups in total. The van der Waals surface area contributed by atoms with E-state index in [0.29, 0.717) is 11.6 Å². The number of nitrogens with zero attached hydrogens (tertiary/aromatic N) is 3. The number of benzene rings is 1. The standard InChI is InChI=1S/C15H17N5S/c1-15(2,3)14-19-12(16)7-13(20-14)18-9-4-5-10-11(6-9)21-8-17-10/h4-8H,1-3H3,(H3,16,18,19,20). The minimum absolute atomic E-state index is 0.145. The highest BCUT2D eigenvalue weighted by Gasteiger charge is 2.18. The average Bonchev–Trinajstić information content (AvgIpc) is 2.84. The molecule has 0 spiro atoms. The lowest BCUT2D eigenvalue weighted by atomic mass is 9.96. The molecule has 0 unspecified atom stereocenters. The highest BCUT2D eigenvalue weighted by Crippen LogP contribution is 2.26. The second-order valence-corrected chi connectivity index (χ2v) is 6.80. The Bertz CT molecular complexity index is 788. The first kappa shape index (κ1) is 13.8. The molecule has 3 aromatic rings. The Labute approximate surface area is 127 Å². The molecule has 21 heavy (non-hydrogen) atoms. The lowest BCUT2D eigenvalue weighted by Gasteiger charge is -2.18. The Balaban J connectivity index is 1.95. The number of hydrogen-bond donors (Lipinski definition) is 2. The van der Waals surface area contributed by atoms with Crippen molar-refractivity contribution in [2.45, 2.75) is 26.2 Å². The summed E-state index contributed by atoms with van der Waals surface area (Å²) in [4.78, 5) is 13.1. The van der Waals surface area contributed by atoms with Gasteiger partial charge in [0, 0.05) is 17.2 Å². The van der Waals surface area contributed by atoms with E-state index in [1.807, 2.05) is 17.6 Å². The van der Waals surface area contributed by atoms with E-state index < -0.39 is 0 Å². The van der Waals surface area contributed by atoms with Gasteiger partial charge in [-0.2, -0.15) is 0 Å². The molecule has 0 radical (unpaired) electrons. The Morgan fingerprint density at radius 1 is 1.14 bits per heavy atom. The molecule has 0 amide bonds. The molecule has 0 saturated heterocycles. The fourth-order valence-corrected chi connectivity index (χ4v) is 2.66. The summed E-state index contributed by atoms with van der Waals surface area (Å²) in [6.45, 7) is 6.19. The summed E-state index contributed by atoms with van der Waals surface area (Å²) in [6.07, 6.45) is 0. The molecule has 0 aliphatic heterocycles. The van der Waals surface area contributed by atoms with Gasteiger partial charge in [-0.3, -0.25) is 0 Å². The molecule has 0 saturated carbocycles. The fourth-order valence-electron chi connectivity index (χ4n) is 1.95. The Hall–Kier alpha value is -2.21. The molecule has 0 aliphatic carbocycles. The summed E-state index contributed by atoms with van der Waals surface area (Å²) in [5.41, 5.74) is 9.55. The minimum atomic E-state index is -0.145. The molecule has 2 heterocycles. The number of nitrogen functional groups attached to an aromatic ring is 1. The van der Waals surface area contributed by atoms with Crippen LogP contribution in [-0.4, -0.2) is 15.0 Å². The van der Waals surface area contributed by atoms with Gasteiger partial charge < -0.3 is 11.1 Å². The van der Waals surface area contributed by atoms with E-state index >= 15 is 0 Å². The summed E-state index contributed by atoms with van der Waals surface area (Å²) in [7, 11) is 0. The van der Waals surface area contributed by atoms with E-state index in [4.69, 9.17) is 5.73 Å². The first-order chi connectivity index (χ1) is 9.91. The van der Waals surface area contributed by atoms with E-state index in [0.717, 1.165) is 21.7 Å². The maximum Gasteiger partial charge on any atom is 0.138 e. The van der Waals surface area contributed by atoms with E-state index in [1.54, 1.807) is 17.4 Å². The number of rotatable bonds is 2. The monoisotopic (exact) mass is 299 g/mol. The molecule has 0 aliphatic rings. The number of hydrogen-bond acceptors (Lipinski definition) is 6. The van der Waals surface area contributed by atoms with Crippen molar-refractivity contribution in [3.05, 3.63) is 35.6 Å². The Kier molecular flexibility index (Phi) is 3.25. The molecule has 0 bridgehead atoms. The van der Waals surface area contributed by atoms with Crippen molar-refractivity contribution < 1.29 is 0 Å². The number of aromatic nitrogens is 3. The second-order valence-electron chi connectivity index (χ2n) is 5.91. The fraction of sp³-hybridized carbons (Fsp3) is 0.267. The van der Waals surface area contributed by atoms with Crippen LogP contribution in [0.15, 0.2) is 29.8 Å². The van der Waals surface area contributed by atoms with Crippen LogP contribution in [0.5, 0.6) is 0 Å². The molecule has 0 atom stereocenters. The average molecular weight is 299 g/mol. The maximum atomic E-state index is 5.88. The highest BCUT2D eigenvalue weighted by atomic mass is 32.1. The van der Waals surface area contributed by atoms with E-state index in [2.05, 4.69) is 47.1 Å². The summed E-state index contributed by atoms with van der Waals surface area (Å²) in [5.74, 6) is 1.90. The molecule has 6 heteroatoms. The number of anilines is 3. The number of nitrogens with one attached hydrogen (secondary N) is 1. The van der Waals surface area contributed by atoms with E-state index in [-0.39, 0.29) is 5.41 Å². The van der Waals surface area contributed by atoms with Crippen LogP contribution < -0.4 is 11.1 Å². The Morgan fingerprint density at radius 2 is 1.95 bits per heavy atom. The van der Waals surface area contributed by atoms with Gasteiger partial charge in [0.15, 0.2) is 0 Å². The van der Waals surface area contributed by atoms with Gasteiger partial charge in [0.2, 0.25) is 0 Å². The largest absolute Gasteiger partial charge is 0.384 e. The second kappa shape index (κ2) is 4.96. The normalized spacial score (nSPS) is 11.8. The quantitative estimate of drug-likeness (QED) is 0.754. The van der Waals surface area contributed by atoms with Crippen LogP contribution in [0.1, 0.15) is 26.6 Å². The van der Waals surface area contributed by atoms with E-state index in [1.165, 1.54) is 0 Å². The van der Waals surface area contributed by atoms with Gasteiger partial charge in [0.25, 0.3) is 0 Å². The molecule has 5 nitrogen and oxygen atoms in total. The number of thiazole rings is 1. The summed E-state index contributed by atoms with van der Waals surface area (Å²) >= 11 is 1.61. The maximum absolute atomic E-state index is 5.88. The summed E-state index contributed by atoms with van der Waals surface area (Å²) < 4.78 is 1.14. The van der Waals surface area contributed by atoms with Gasteiger partial charge in [0.1, 0.15) is 17.5 Å². The molecule has 3 rings (SSSR count). The van der Waals surface area contributed by atoms with Crippen molar-refractivity contribution >= 4 is 38.9 Å². The van der Waals surface area contributed by atoms with Crippen LogP contribution in [0.3, 0.4) is 0 Å². The van der Waals surface area contributed by atoms with Gasteiger partial charge >= 0.3 is 0 Å². The highest BCUT2D eigenvalue weighted by molar-refractivity contribution is 7.16. The van der Waals surface area contributed by atoms with Crippen molar-refractivity contribution in [2.24, 2.45) is 0 Å². The van der Waals surface area contributed by atoms with Crippen LogP contribution in [-0.2, 0) is 5.41 Å². The smallest absolute Gasteiger partial charge is 0.138 e. The van der Waals surface area contributed by atoms with Crippen molar-refractivity contribution in [3.63, 3.8) is 0 Å². The number of fused-ring (bicyclic) bond motifs is 1. The van der Waals surface area contributed by atoms with E-state index in [9.17, 15) is 0 Å². The van der Waals surface area contributed by atoms with Crippen LogP contribution in [0.4, 0.5) is 17.3 Å². The van der Waals surface area contributed by atoms with Crippen molar-refractivity contribution in [3.8, 4) is 0 Å². The molecule has 0 fully saturated rings. The van der Waals surface area contributed by atoms with Crippen molar-refractivity contribution in [1.82, 2.24) is 15.0 Å². The summed E-state index contributed by atoms with van der Waals surface area (Å²) in [6, 6.07) is 7.77. The van der Waals surface area contributed by atoms with Crippen LogP contribution in [0, 0.1) is 0 Å². The molecule has 1 aromatic carbocycles. The van der Waals surface area contributed by atoms with Crippen LogP contribution >= 0.6 is 11.3 Å². The first-order valence-corrected chi connectivity index (χ1v) is 7.55. The van der Waals surface area contributed by atoms with Crippen LogP contribution in [0.25, 0.3) is 10.2 Å². The van der Waals surface area contributed by atoms with Crippen molar-refractivity contribution in [2.75, 3.05) is 11.1 Å². The lowest BCUT2D eigenvalue weighted by Crippen LogP contribution is -2.17. The van der Waals surface area contributed by atoms with Gasteiger partial charge in [-0.25, -0.2) is 15.0 Å².